The highest BCUT2D eigenvalue weighted by atomic mass is 15.3. The van der Waals surface area contributed by atoms with Gasteiger partial charge in [0.2, 0.25) is 5.95 Å². The van der Waals surface area contributed by atoms with Crippen molar-refractivity contribution in [3.63, 3.8) is 0 Å². The van der Waals surface area contributed by atoms with E-state index in [4.69, 9.17) is 10.7 Å². The highest BCUT2D eigenvalue weighted by Gasteiger charge is 2.52. The predicted octanol–water partition coefficient (Wildman–Crippen LogP) is 2.30. The number of nitrogens with zero attached hydrogens (tertiary/aromatic N) is 4. The number of aryl methyl sites for hydroxylation is 1. The van der Waals surface area contributed by atoms with Crippen LogP contribution in [-0.4, -0.2) is 32.3 Å². The number of aromatic nitrogens is 4. The zero-order chi connectivity index (χ0) is 17.7. The van der Waals surface area contributed by atoms with Gasteiger partial charge in [-0.15, -0.1) is 0 Å². The molecule has 1 unspecified atom stereocenters. The summed E-state index contributed by atoms with van der Waals surface area (Å²) < 4.78 is 1.78. The molecule has 7 heteroatoms. The molecular weight excluding hydrogens is 326 g/mol. The molecule has 3 aromatic rings. The molecule has 26 heavy (non-hydrogen) atoms. The first-order valence-electron chi connectivity index (χ1n) is 9.19. The molecular formula is C19H23N7. The zero-order valence-corrected chi connectivity index (χ0v) is 14.8. The highest BCUT2D eigenvalue weighted by molar-refractivity contribution is 5.87. The van der Waals surface area contributed by atoms with Gasteiger partial charge in [-0.1, -0.05) is 30.3 Å². The Bertz CT molecular complexity index is 922. The van der Waals surface area contributed by atoms with E-state index >= 15 is 0 Å². The van der Waals surface area contributed by atoms with E-state index in [1.807, 2.05) is 43.6 Å². The molecule has 1 atom stereocenters. The largest absolute Gasteiger partial charge is 0.366 e. The summed E-state index contributed by atoms with van der Waals surface area (Å²) in [6.45, 7) is 0.571. The van der Waals surface area contributed by atoms with E-state index in [9.17, 15) is 0 Å². The summed E-state index contributed by atoms with van der Waals surface area (Å²) in [5.41, 5.74) is 8.20. The lowest BCUT2D eigenvalue weighted by atomic mass is 9.52. The van der Waals surface area contributed by atoms with Crippen LogP contribution in [-0.2, 0) is 7.05 Å². The standard InChI is InChI=1S/C19H23N7/c1-26-18-14(9-22-26)17(23-16-12-7-13(16)8-12)24-19(25-18)21-10-15(20)11-5-3-2-4-6-11/h2-6,9,12-13,15-16H,7-8,10,20H2,1H3,(H2,21,23,24,25). The van der Waals surface area contributed by atoms with Crippen molar-refractivity contribution in [1.29, 1.82) is 0 Å². The minimum absolute atomic E-state index is 0.113. The number of benzene rings is 1. The number of hydrogen-bond donors (Lipinski definition) is 3. The van der Waals surface area contributed by atoms with Gasteiger partial charge in [0.1, 0.15) is 5.82 Å². The van der Waals surface area contributed by atoms with E-state index in [2.05, 4.69) is 20.7 Å². The van der Waals surface area contributed by atoms with Crippen molar-refractivity contribution in [2.45, 2.75) is 24.9 Å². The number of hydrogen-bond acceptors (Lipinski definition) is 6. The summed E-state index contributed by atoms with van der Waals surface area (Å²) in [7, 11) is 1.90. The summed E-state index contributed by atoms with van der Waals surface area (Å²) in [5, 5.41) is 12.2. The molecule has 0 saturated heterocycles. The minimum Gasteiger partial charge on any atom is -0.366 e. The molecule has 0 radical (unpaired) electrons. The first-order valence-corrected chi connectivity index (χ1v) is 9.19. The smallest absolute Gasteiger partial charge is 0.226 e. The van der Waals surface area contributed by atoms with Crippen LogP contribution in [0, 0.1) is 11.8 Å². The van der Waals surface area contributed by atoms with Crippen molar-refractivity contribution in [2.75, 3.05) is 17.2 Å². The topological polar surface area (TPSA) is 93.7 Å². The van der Waals surface area contributed by atoms with Gasteiger partial charge in [-0.05, 0) is 30.2 Å². The summed E-state index contributed by atoms with van der Waals surface area (Å²) in [4.78, 5) is 9.34. The van der Waals surface area contributed by atoms with E-state index < -0.39 is 0 Å². The van der Waals surface area contributed by atoms with E-state index in [-0.39, 0.29) is 6.04 Å². The Morgan fingerprint density at radius 3 is 2.65 bits per heavy atom. The van der Waals surface area contributed by atoms with Gasteiger partial charge < -0.3 is 16.4 Å². The van der Waals surface area contributed by atoms with Gasteiger partial charge in [0.15, 0.2) is 5.65 Å². The van der Waals surface area contributed by atoms with E-state index in [0.717, 1.165) is 34.3 Å². The second kappa shape index (κ2) is 5.95. The predicted molar refractivity (Wildman–Crippen MR) is 102 cm³/mol. The van der Waals surface area contributed by atoms with Crippen LogP contribution in [0.4, 0.5) is 11.8 Å². The summed E-state index contributed by atoms with van der Waals surface area (Å²) in [6, 6.07) is 10.5. The van der Waals surface area contributed by atoms with Gasteiger partial charge in [-0.25, -0.2) is 0 Å². The fourth-order valence-electron chi connectivity index (χ4n) is 3.91. The van der Waals surface area contributed by atoms with Gasteiger partial charge in [0, 0.05) is 25.7 Å². The van der Waals surface area contributed by atoms with E-state index in [1.54, 1.807) is 4.68 Å². The van der Waals surface area contributed by atoms with Crippen molar-refractivity contribution in [2.24, 2.45) is 24.6 Å². The molecule has 7 nitrogen and oxygen atoms in total. The molecule has 1 aromatic carbocycles. The average Bonchev–Trinajstić information content (AvgIpc) is 2.97. The van der Waals surface area contributed by atoms with Gasteiger partial charge in [-0.3, -0.25) is 4.68 Å². The number of anilines is 2. The molecule has 3 aliphatic carbocycles. The Morgan fingerprint density at radius 2 is 1.96 bits per heavy atom. The number of nitrogens with one attached hydrogen (secondary N) is 2. The van der Waals surface area contributed by atoms with Crippen LogP contribution < -0.4 is 16.4 Å². The van der Waals surface area contributed by atoms with Crippen LogP contribution in [0.5, 0.6) is 0 Å². The Balaban J connectivity index is 1.37. The van der Waals surface area contributed by atoms with E-state index in [1.165, 1.54) is 12.8 Å². The lowest BCUT2D eigenvalue weighted by molar-refractivity contribution is -0.00402. The lowest BCUT2D eigenvalue weighted by Gasteiger charge is -2.58. The molecule has 0 amide bonds. The number of fused-ring (bicyclic) bond motifs is 1. The van der Waals surface area contributed by atoms with Crippen LogP contribution in [0.25, 0.3) is 11.0 Å². The van der Waals surface area contributed by atoms with Gasteiger partial charge in [0.25, 0.3) is 0 Å². The maximum Gasteiger partial charge on any atom is 0.226 e. The molecule has 3 aliphatic rings. The second-order valence-corrected chi connectivity index (χ2v) is 7.46. The Hall–Kier alpha value is -2.67. The third-order valence-corrected chi connectivity index (χ3v) is 5.83. The molecule has 2 aromatic heterocycles. The summed E-state index contributed by atoms with van der Waals surface area (Å²) >= 11 is 0. The fraction of sp³-hybridized carbons (Fsp3) is 0.421. The maximum atomic E-state index is 6.29. The van der Waals surface area contributed by atoms with Gasteiger partial charge >= 0.3 is 0 Å². The lowest BCUT2D eigenvalue weighted by Crippen LogP contribution is -2.59. The number of rotatable bonds is 6. The third kappa shape index (κ3) is 2.50. The van der Waals surface area contributed by atoms with Gasteiger partial charge in [0.05, 0.1) is 11.6 Å². The second-order valence-electron chi connectivity index (χ2n) is 7.46. The molecule has 3 saturated carbocycles. The fourth-order valence-corrected chi connectivity index (χ4v) is 3.91. The van der Waals surface area contributed by atoms with E-state index in [0.29, 0.717) is 18.5 Å². The van der Waals surface area contributed by atoms with Crippen molar-refractivity contribution in [1.82, 2.24) is 19.7 Å². The molecule has 2 bridgehead atoms. The SMILES string of the molecule is Cn1ncc2c(NC3C4CC3C4)nc(NCC(N)c3ccccc3)nc21. The maximum absolute atomic E-state index is 6.29. The molecule has 3 fully saturated rings. The molecule has 134 valence electrons. The Kier molecular flexibility index (Phi) is 3.56. The highest BCUT2D eigenvalue weighted by Crippen LogP contribution is 2.54. The molecule has 2 heterocycles. The Morgan fingerprint density at radius 1 is 1.19 bits per heavy atom. The van der Waals surface area contributed by atoms with Crippen molar-refractivity contribution >= 4 is 22.8 Å². The summed E-state index contributed by atoms with van der Waals surface area (Å²) in [6.07, 6.45) is 4.55. The molecule has 4 N–H and O–H groups in total. The first-order chi connectivity index (χ1) is 12.7. The first kappa shape index (κ1) is 15.6. The molecule has 0 spiro atoms. The van der Waals surface area contributed by atoms with Crippen molar-refractivity contribution in [3.05, 3.63) is 42.1 Å². The normalized spacial score (nSPS) is 24.6. The number of nitrogens with two attached hydrogens (primary N) is 1. The average molecular weight is 349 g/mol. The van der Waals surface area contributed by atoms with Gasteiger partial charge in [-0.2, -0.15) is 15.1 Å². The van der Waals surface area contributed by atoms with Crippen molar-refractivity contribution in [3.8, 4) is 0 Å². The van der Waals surface area contributed by atoms with Crippen molar-refractivity contribution < 1.29 is 0 Å². The quantitative estimate of drug-likeness (QED) is 0.632. The van der Waals surface area contributed by atoms with Crippen LogP contribution >= 0.6 is 0 Å². The zero-order valence-electron chi connectivity index (χ0n) is 14.8. The molecule has 0 aliphatic heterocycles. The molecule has 6 rings (SSSR count). The van der Waals surface area contributed by atoms with Crippen LogP contribution in [0.3, 0.4) is 0 Å². The monoisotopic (exact) mass is 349 g/mol. The minimum atomic E-state index is -0.113. The third-order valence-electron chi connectivity index (χ3n) is 5.83. The Labute approximate surface area is 152 Å². The summed E-state index contributed by atoms with van der Waals surface area (Å²) in [5.74, 6) is 3.08. The van der Waals surface area contributed by atoms with Crippen LogP contribution in [0.1, 0.15) is 24.4 Å². The van der Waals surface area contributed by atoms with Crippen LogP contribution in [0.15, 0.2) is 36.5 Å². The van der Waals surface area contributed by atoms with Crippen LogP contribution in [0.2, 0.25) is 0 Å².